The summed E-state index contributed by atoms with van der Waals surface area (Å²) >= 11 is 0. The van der Waals surface area contributed by atoms with Crippen molar-refractivity contribution in [1.82, 2.24) is 5.32 Å². The first-order chi connectivity index (χ1) is 10.6. The monoisotopic (exact) mass is 340 g/mol. The molecule has 1 amide bonds. The molecule has 0 aliphatic rings. The molecule has 0 radical (unpaired) electrons. The summed E-state index contributed by atoms with van der Waals surface area (Å²) < 4.78 is 25.7. The Morgan fingerprint density at radius 1 is 1.22 bits per heavy atom. The quantitative estimate of drug-likeness (QED) is 0.830. The number of hydrogen-bond acceptors (Lipinski definition) is 3. The maximum atomic E-state index is 12.4. The van der Waals surface area contributed by atoms with Crippen LogP contribution in [0.4, 0.5) is 5.69 Å². The van der Waals surface area contributed by atoms with E-state index in [1.165, 1.54) is 4.31 Å². The number of anilines is 1. The van der Waals surface area contributed by atoms with Crippen LogP contribution in [0.1, 0.15) is 44.7 Å². The molecule has 0 aliphatic heterocycles. The first kappa shape index (κ1) is 19.5. The number of nitrogens with zero attached hydrogens (tertiary/aromatic N) is 1. The average molecular weight is 340 g/mol. The minimum Gasteiger partial charge on any atom is -0.352 e. The topological polar surface area (TPSA) is 66.5 Å². The second kappa shape index (κ2) is 7.81. The van der Waals surface area contributed by atoms with E-state index in [1.807, 2.05) is 33.8 Å². The highest BCUT2D eigenvalue weighted by Crippen LogP contribution is 2.23. The van der Waals surface area contributed by atoms with Crippen molar-refractivity contribution in [3.8, 4) is 0 Å². The molecule has 6 heteroatoms. The van der Waals surface area contributed by atoms with E-state index < -0.39 is 16.1 Å². The molecular weight excluding hydrogens is 312 g/mol. The summed E-state index contributed by atoms with van der Waals surface area (Å²) in [5.74, 6) is -0.283. The van der Waals surface area contributed by atoms with Crippen LogP contribution in [0.15, 0.2) is 18.2 Å². The number of carbonyl (C=O) groups excluding carboxylic acids is 1. The number of benzene rings is 1. The van der Waals surface area contributed by atoms with Crippen molar-refractivity contribution in [1.29, 1.82) is 0 Å². The van der Waals surface area contributed by atoms with Gasteiger partial charge in [-0.2, -0.15) is 0 Å². The highest BCUT2D eigenvalue weighted by molar-refractivity contribution is 7.92. The van der Waals surface area contributed by atoms with Crippen LogP contribution in [0, 0.1) is 13.8 Å². The molecule has 1 aromatic rings. The van der Waals surface area contributed by atoms with Gasteiger partial charge in [0.05, 0.1) is 11.9 Å². The van der Waals surface area contributed by atoms with Gasteiger partial charge < -0.3 is 5.32 Å². The van der Waals surface area contributed by atoms with Gasteiger partial charge in [0, 0.05) is 6.04 Å². The van der Waals surface area contributed by atoms with E-state index in [1.54, 1.807) is 19.1 Å². The lowest BCUT2D eigenvalue weighted by molar-refractivity contribution is -0.122. The van der Waals surface area contributed by atoms with Crippen LogP contribution in [0.3, 0.4) is 0 Å². The summed E-state index contributed by atoms with van der Waals surface area (Å²) in [5, 5.41) is 2.88. The summed E-state index contributed by atoms with van der Waals surface area (Å²) in [7, 11) is -3.57. The highest BCUT2D eigenvalue weighted by Gasteiger charge is 2.29. The van der Waals surface area contributed by atoms with Crippen molar-refractivity contribution in [2.24, 2.45) is 0 Å². The second-order valence-electron chi connectivity index (χ2n) is 6.20. The fraction of sp³-hybridized carbons (Fsp3) is 0.588. The molecular formula is C17H28N2O3S. The van der Waals surface area contributed by atoms with Gasteiger partial charge in [0.25, 0.3) is 0 Å². The molecule has 1 aromatic carbocycles. The molecule has 2 unspecified atom stereocenters. The number of sulfonamides is 1. The molecule has 0 fully saturated rings. The predicted molar refractivity (Wildman–Crippen MR) is 95.2 cm³/mol. The van der Waals surface area contributed by atoms with Crippen LogP contribution in [-0.2, 0) is 14.8 Å². The Morgan fingerprint density at radius 3 is 2.30 bits per heavy atom. The SMILES string of the molecule is CCCC(C)NC(=O)C(C)N(c1ccc(C)c(C)c1)S(C)(=O)=O. The first-order valence-electron chi connectivity index (χ1n) is 7.95. The van der Waals surface area contributed by atoms with E-state index in [0.717, 1.165) is 30.2 Å². The third kappa shape index (κ3) is 5.23. The van der Waals surface area contributed by atoms with Gasteiger partial charge in [-0.15, -0.1) is 0 Å². The Labute approximate surface area is 140 Å². The molecule has 23 heavy (non-hydrogen) atoms. The van der Waals surface area contributed by atoms with E-state index in [0.29, 0.717) is 5.69 Å². The minimum atomic E-state index is -3.57. The summed E-state index contributed by atoms with van der Waals surface area (Å²) in [6, 6.07) is 4.63. The van der Waals surface area contributed by atoms with Crippen LogP contribution in [0.2, 0.25) is 0 Å². The summed E-state index contributed by atoms with van der Waals surface area (Å²) in [5.41, 5.74) is 2.58. The zero-order valence-electron chi connectivity index (χ0n) is 14.9. The van der Waals surface area contributed by atoms with E-state index in [-0.39, 0.29) is 11.9 Å². The normalized spacial score (nSPS) is 14.2. The van der Waals surface area contributed by atoms with Crippen LogP contribution < -0.4 is 9.62 Å². The van der Waals surface area contributed by atoms with Crippen LogP contribution in [-0.4, -0.2) is 32.7 Å². The standard InChI is InChI=1S/C17H28N2O3S/c1-7-8-14(4)18-17(20)15(5)19(23(6,21)22)16-10-9-12(2)13(3)11-16/h9-11,14-15H,7-8H2,1-6H3,(H,18,20). The third-order valence-electron chi connectivity index (χ3n) is 3.94. The third-order valence-corrected chi connectivity index (χ3v) is 5.19. The molecule has 0 aromatic heterocycles. The van der Waals surface area contributed by atoms with Crippen molar-refractivity contribution in [3.63, 3.8) is 0 Å². The number of rotatable bonds is 7. The Hall–Kier alpha value is -1.56. The van der Waals surface area contributed by atoms with Gasteiger partial charge in [-0.25, -0.2) is 8.42 Å². The van der Waals surface area contributed by atoms with E-state index in [2.05, 4.69) is 5.32 Å². The lowest BCUT2D eigenvalue weighted by Crippen LogP contribution is -2.49. The van der Waals surface area contributed by atoms with Crippen LogP contribution in [0.5, 0.6) is 0 Å². The van der Waals surface area contributed by atoms with Crippen LogP contribution >= 0.6 is 0 Å². The van der Waals surface area contributed by atoms with E-state index in [9.17, 15) is 13.2 Å². The largest absolute Gasteiger partial charge is 0.352 e. The second-order valence-corrected chi connectivity index (χ2v) is 8.06. The Balaban J connectivity index is 3.12. The number of amides is 1. The molecule has 1 N–H and O–H groups in total. The van der Waals surface area contributed by atoms with Gasteiger partial charge in [-0.05, 0) is 57.4 Å². The Morgan fingerprint density at radius 2 is 1.83 bits per heavy atom. The first-order valence-corrected chi connectivity index (χ1v) is 9.79. The molecule has 0 saturated heterocycles. The molecule has 130 valence electrons. The molecule has 5 nitrogen and oxygen atoms in total. The predicted octanol–water partition coefficient (Wildman–Crippen LogP) is 2.76. The summed E-state index contributed by atoms with van der Waals surface area (Å²) in [6.07, 6.45) is 2.95. The molecule has 2 atom stereocenters. The van der Waals surface area contributed by atoms with Gasteiger partial charge in [-0.1, -0.05) is 19.4 Å². The lowest BCUT2D eigenvalue weighted by Gasteiger charge is -2.29. The number of hydrogen-bond donors (Lipinski definition) is 1. The Bertz CT molecular complexity index is 656. The van der Waals surface area contributed by atoms with Gasteiger partial charge >= 0.3 is 0 Å². The van der Waals surface area contributed by atoms with Crippen molar-refractivity contribution in [3.05, 3.63) is 29.3 Å². The minimum absolute atomic E-state index is 0.0242. The van der Waals surface area contributed by atoms with Crippen molar-refractivity contribution < 1.29 is 13.2 Å². The van der Waals surface area contributed by atoms with E-state index >= 15 is 0 Å². The fourth-order valence-corrected chi connectivity index (χ4v) is 3.71. The maximum Gasteiger partial charge on any atom is 0.243 e. The molecule has 0 saturated carbocycles. The van der Waals surface area contributed by atoms with Gasteiger partial charge in [0.2, 0.25) is 15.9 Å². The van der Waals surface area contributed by atoms with Gasteiger partial charge in [0.1, 0.15) is 6.04 Å². The highest BCUT2D eigenvalue weighted by atomic mass is 32.2. The maximum absolute atomic E-state index is 12.4. The van der Waals surface area contributed by atoms with Crippen molar-refractivity contribution >= 4 is 21.6 Å². The summed E-state index contributed by atoms with van der Waals surface area (Å²) in [4.78, 5) is 12.4. The molecule has 0 aliphatic carbocycles. The fourth-order valence-electron chi connectivity index (χ4n) is 2.54. The van der Waals surface area contributed by atoms with Crippen molar-refractivity contribution in [2.75, 3.05) is 10.6 Å². The number of carbonyl (C=O) groups is 1. The van der Waals surface area contributed by atoms with Gasteiger partial charge in [0.15, 0.2) is 0 Å². The molecule has 0 heterocycles. The van der Waals surface area contributed by atoms with E-state index in [4.69, 9.17) is 0 Å². The molecule has 1 rings (SSSR count). The average Bonchev–Trinajstić information content (AvgIpc) is 2.41. The summed E-state index contributed by atoms with van der Waals surface area (Å²) in [6.45, 7) is 9.48. The molecule has 0 spiro atoms. The zero-order chi connectivity index (χ0) is 17.8. The number of nitrogens with one attached hydrogen (secondary N) is 1. The lowest BCUT2D eigenvalue weighted by atomic mass is 10.1. The smallest absolute Gasteiger partial charge is 0.243 e. The van der Waals surface area contributed by atoms with Gasteiger partial charge in [-0.3, -0.25) is 9.10 Å². The zero-order valence-corrected chi connectivity index (χ0v) is 15.7. The Kier molecular flexibility index (Phi) is 6.62. The molecule has 0 bridgehead atoms. The van der Waals surface area contributed by atoms with Crippen molar-refractivity contribution in [2.45, 2.75) is 59.5 Å². The van der Waals surface area contributed by atoms with Crippen LogP contribution in [0.25, 0.3) is 0 Å². The number of aryl methyl sites for hydroxylation is 2.